The van der Waals surface area contributed by atoms with Gasteiger partial charge in [-0.15, -0.1) is 0 Å². The van der Waals surface area contributed by atoms with Crippen molar-refractivity contribution in [2.45, 2.75) is 51.7 Å². The number of nitrogens with zero attached hydrogens (tertiary/aromatic N) is 1. The van der Waals surface area contributed by atoms with Crippen LogP contribution in [0.2, 0.25) is 0 Å². The first kappa shape index (κ1) is 12.2. The molecule has 0 aromatic rings. The molecule has 1 unspecified atom stereocenters. The lowest BCUT2D eigenvalue weighted by Gasteiger charge is -2.29. The number of aliphatic imine (C=N–C) groups is 1. The minimum Gasteiger partial charge on any atom is -0.370 e. The van der Waals surface area contributed by atoms with Crippen LogP contribution in [0.25, 0.3) is 0 Å². The largest absolute Gasteiger partial charge is 0.370 e. The summed E-state index contributed by atoms with van der Waals surface area (Å²) in [7, 11) is 1.67. The van der Waals surface area contributed by atoms with Gasteiger partial charge in [-0.2, -0.15) is 0 Å². The molecule has 0 bridgehead atoms. The molecule has 0 radical (unpaired) electrons. The van der Waals surface area contributed by atoms with E-state index in [1.54, 1.807) is 7.11 Å². The Kier molecular flexibility index (Phi) is 3.85. The van der Waals surface area contributed by atoms with Crippen molar-refractivity contribution in [3.63, 3.8) is 0 Å². The zero-order valence-corrected chi connectivity index (χ0v) is 9.96. The van der Waals surface area contributed by atoms with Gasteiger partial charge in [0.05, 0.1) is 0 Å². The van der Waals surface area contributed by atoms with Crippen LogP contribution < -0.4 is 5.32 Å². The van der Waals surface area contributed by atoms with Gasteiger partial charge in [-0.25, -0.2) is 0 Å². The molecule has 4 nitrogen and oxygen atoms in total. The molecular formula is C11H20N2O2. The second-order valence-electron chi connectivity index (χ2n) is 3.80. The Morgan fingerprint density at radius 1 is 1.40 bits per heavy atom. The second-order valence-corrected chi connectivity index (χ2v) is 3.80. The Balaban J connectivity index is 2.92. The topological polar surface area (TPSA) is 50.7 Å². The third kappa shape index (κ3) is 2.04. The molecule has 0 fully saturated rings. The molecular weight excluding hydrogens is 192 g/mol. The lowest BCUT2D eigenvalue weighted by atomic mass is 9.95. The van der Waals surface area contributed by atoms with E-state index in [1.807, 2.05) is 20.8 Å². The first-order valence-electron chi connectivity index (χ1n) is 5.57. The minimum atomic E-state index is -0.417. The number of hydrogen-bond acceptors (Lipinski definition) is 3. The third-order valence-electron chi connectivity index (χ3n) is 3.18. The Hall–Kier alpha value is -0.900. The molecule has 0 saturated heterocycles. The van der Waals surface area contributed by atoms with Gasteiger partial charge in [0, 0.05) is 7.11 Å². The highest BCUT2D eigenvalue weighted by molar-refractivity contribution is 6.09. The van der Waals surface area contributed by atoms with Crippen molar-refractivity contribution < 1.29 is 9.53 Å². The number of ether oxygens (including phenoxy) is 1. The molecule has 0 saturated carbocycles. The SMILES string of the molecule is CCC1N=C(C(CC)(CC)OC)NC1=O. The van der Waals surface area contributed by atoms with Crippen LogP contribution >= 0.6 is 0 Å². The van der Waals surface area contributed by atoms with Gasteiger partial charge in [0.2, 0.25) is 5.91 Å². The minimum absolute atomic E-state index is 0.00387. The number of amides is 1. The number of rotatable bonds is 5. The van der Waals surface area contributed by atoms with E-state index in [2.05, 4.69) is 10.3 Å². The van der Waals surface area contributed by atoms with Gasteiger partial charge < -0.3 is 10.1 Å². The predicted octanol–water partition coefficient (Wildman–Crippen LogP) is 1.50. The normalized spacial score (nSPS) is 21.5. The van der Waals surface area contributed by atoms with Crippen LogP contribution in [-0.4, -0.2) is 30.5 Å². The molecule has 1 aliphatic rings. The summed E-state index contributed by atoms with van der Waals surface area (Å²) in [6.45, 7) is 6.05. The molecule has 4 heteroatoms. The molecule has 0 aliphatic carbocycles. The van der Waals surface area contributed by atoms with Crippen LogP contribution in [0.4, 0.5) is 0 Å². The van der Waals surface area contributed by atoms with Crippen molar-refractivity contribution >= 4 is 11.7 Å². The quantitative estimate of drug-likeness (QED) is 0.750. The zero-order chi connectivity index (χ0) is 11.5. The van der Waals surface area contributed by atoms with Crippen LogP contribution in [0.3, 0.4) is 0 Å². The van der Waals surface area contributed by atoms with E-state index in [9.17, 15) is 4.79 Å². The standard InChI is InChI=1S/C11H20N2O2/c1-5-8-9(14)13-10(12-8)11(6-2,7-3)15-4/h8H,5-7H2,1-4H3,(H,12,13,14). The van der Waals surface area contributed by atoms with Gasteiger partial charge in [-0.3, -0.25) is 9.79 Å². The number of amidine groups is 1. The fourth-order valence-corrected chi connectivity index (χ4v) is 1.93. The summed E-state index contributed by atoms with van der Waals surface area (Å²) >= 11 is 0. The summed E-state index contributed by atoms with van der Waals surface area (Å²) in [6.07, 6.45) is 2.37. The highest BCUT2D eigenvalue weighted by atomic mass is 16.5. The number of hydrogen-bond donors (Lipinski definition) is 1. The van der Waals surface area contributed by atoms with Crippen LogP contribution in [0.1, 0.15) is 40.0 Å². The fraction of sp³-hybridized carbons (Fsp3) is 0.818. The van der Waals surface area contributed by atoms with E-state index in [1.165, 1.54) is 0 Å². The number of carbonyl (C=O) groups excluding carboxylic acids is 1. The first-order valence-corrected chi connectivity index (χ1v) is 5.57. The van der Waals surface area contributed by atoms with Crippen molar-refractivity contribution in [2.24, 2.45) is 4.99 Å². The number of nitrogens with one attached hydrogen (secondary N) is 1. The third-order valence-corrected chi connectivity index (χ3v) is 3.18. The summed E-state index contributed by atoms with van der Waals surface area (Å²) in [5.74, 6) is 0.697. The average Bonchev–Trinajstić information content (AvgIpc) is 2.64. The highest BCUT2D eigenvalue weighted by Crippen LogP contribution is 2.24. The van der Waals surface area contributed by atoms with Gasteiger partial charge >= 0.3 is 0 Å². The molecule has 15 heavy (non-hydrogen) atoms. The van der Waals surface area contributed by atoms with Crippen molar-refractivity contribution in [3.8, 4) is 0 Å². The molecule has 1 aliphatic heterocycles. The Labute approximate surface area is 91.1 Å². The number of carbonyl (C=O) groups is 1. The van der Waals surface area contributed by atoms with E-state index in [-0.39, 0.29) is 11.9 Å². The van der Waals surface area contributed by atoms with E-state index in [0.29, 0.717) is 5.84 Å². The number of methoxy groups -OCH3 is 1. The van der Waals surface area contributed by atoms with Crippen LogP contribution in [0, 0.1) is 0 Å². The van der Waals surface area contributed by atoms with Crippen molar-refractivity contribution in [2.75, 3.05) is 7.11 Å². The maximum atomic E-state index is 11.5. The molecule has 86 valence electrons. The smallest absolute Gasteiger partial charge is 0.250 e. The Morgan fingerprint density at radius 2 is 2.00 bits per heavy atom. The molecule has 0 aromatic heterocycles. The second kappa shape index (κ2) is 4.75. The summed E-state index contributed by atoms with van der Waals surface area (Å²) in [5, 5.41) is 2.83. The Morgan fingerprint density at radius 3 is 2.33 bits per heavy atom. The van der Waals surface area contributed by atoms with Gasteiger partial charge in [0.15, 0.2) is 0 Å². The maximum Gasteiger partial charge on any atom is 0.250 e. The molecule has 1 N–H and O–H groups in total. The van der Waals surface area contributed by atoms with Gasteiger partial charge in [0.1, 0.15) is 17.5 Å². The predicted molar refractivity (Wildman–Crippen MR) is 60.0 cm³/mol. The molecule has 0 spiro atoms. The maximum absolute atomic E-state index is 11.5. The zero-order valence-electron chi connectivity index (χ0n) is 9.96. The summed E-state index contributed by atoms with van der Waals surface area (Å²) in [4.78, 5) is 15.9. The summed E-state index contributed by atoms with van der Waals surface area (Å²) in [6, 6.07) is -0.229. The van der Waals surface area contributed by atoms with E-state index in [4.69, 9.17) is 4.74 Å². The average molecular weight is 212 g/mol. The summed E-state index contributed by atoms with van der Waals surface area (Å²) < 4.78 is 5.52. The van der Waals surface area contributed by atoms with E-state index < -0.39 is 5.60 Å². The Bertz CT molecular complexity index is 261. The van der Waals surface area contributed by atoms with E-state index in [0.717, 1.165) is 19.3 Å². The van der Waals surface area contributed by atoms with Gasteiger partial charge in [0.25, 0.3) is 0 Å². The molecule has 1 rings (SSSR count). The lowest BCUT2D eigenvalue weighted by molar-refractivity contribution is -0.120. The van der Waals surface area contributed by atoms with Crippen LogP contribution in [0.5, 0.6) is 0 Å². The first-order chi connectivity index (χ1) is 7.13. The molecule has 1 heterocycles. The van der Waals surface area contributed by atoms with Crippen LogP contribution in [0.15, 0.2) is 4.99 Å². The summed E-state index contributed by atoms with van der Waals surface area (Å²) in [5.41, 5.74) is -0.417. The molecule has 1 amide bonds. The van der Waals surface area contributed by atoms with Gasteiger partial charge in [-0.05, 0) is 19.3 Å². The molecule has 0 aromatic carbocycles. The lowest BCUT2D eigenvalue weighted by Crippen LogP contribution is -2.47. The molecule has 1 atom stereocenters. The van der Waals surface area contributed by atoms with E-state index >= 15 is 0 Å². The van der Waals surface area contributed by atoms with Gasteiger partial charge in [-0.1, -0.05) is 20.8 Å². The highest BCUT2D eigenvalue weighted by Gasteiger charge is 2.38. The van der Waals surface area contributed by atoms with Crippen molar-refractivity contribution in [3.05, 3.63) is 0 Å². The van der Waals surface area contributed by atoms with Crippen molar-refractivity contribution in [1.82, 2.24) is 5.32 Å². The van der Waals surface area contributed by atoms with Crippen molar-refractivity contribution in [1.29, 1.82) is 0 Å². The monoisotopic (exact) mass is 212 g/mol. The van der Waals surface area contributed by atoms with Crippen LogP contribution in [-0.2, 0) is 9.53 Å². The fourth-order valence-electron chi connectivity index (χ4n) is 1.93.